The smallest absolute Gasteiger partial charge is 0.270 e. The first kappa shape index (κ1) is 17.1. The van der Waals surface area contributed by atoms with Gasteiger partial charge in [0.2, 0.25) is 10.0 Å². The van der Waals surface area contributed by atoms with Crippen LogP contribution in [0.5, 0.6) is 0 Å². The van der Waals surface area contributed by atoms with Crippen molar-refractivity contribution >= 4 is 15.9 Å². The second-order valence-corrected chi connectivity index (χ2v) is 7.36. The van der Waals surface area contributed by atoms with E-state index >= 15 is 0 Å². The molecule has 1 N–H and O–H groups in total. The predicted octanol–water partition coefficient (Wildman–Crippen LogP) is 1.57. The lowest BCUT2D eigenvalue weighted by atomic mass is 10.2. The Morgan fingerprint density at radius 2 is 1.83 bits per heavy atom. The van der Waals surface area contributed by atoms with E-state index in [0.717, 1.165) is 10.00 Å². The van der Waals surface area contributed by atoms with Gasteiger partial charge in [0, 0.05) is 26.3 Å². The average molecular weight is 333 g/mol. The first-order valence-electron chi connectivity index (χ1n) is 7.04. The lowest BCUT2D eigenvalue weighted by Crippen LogP contribution is -2.27. The van der Waals surface area contributed by atoms with Crippen LogP contribution < -0.4 is 5.32 Å². The minimum Gasteiger partial charge on any atom is -0.347 e. The summed E-state index contributed by atoms with van der Waals surface area (Å²) in [4.78, 5) is 16.5. The third-order valence-corrected chi connectivity index (χ3v) is 5.21. The van der Waals surface area contributed by atoms with Crippen molar-refractivity contribution in [2.45, 2.75) is 18.4 Å². The van der Waals surface area contributed by atoms with E-state index in [0.29, 0.717) is 11.3 Å². The Kier molecular flexibility index (Phi) is 5.12. The Morgan fingerprint density at radius 3 is 2.48 bits per heavy atom. The van der Waals surface area contributed by atoms with Gasteiger partial charge < -0.3 is 5.32 Å². The van der Waals surface area contributed by atoms with Crippen molar-refractivity contribution < 1.29 is 13.2 Å². The summed E-state index contributed by atoms with van der Waals surface area (Å²) in [5, 5.41) is 2.71. The van der Waals surface area contributed by atoms with Crippen molar-refractivity contribution in [3.8, 4) is 0 Å². The lowest BCUT2D eigenvalue weighted by Gasteiger charge is -2.15. The highest BCUT2D eigenvalue weighted by Gasteiger charge is 2.21. The number of hydrogen-bond acceptors (Lipinski definition) is 4. The number of carbonyl (C=O) groups excluding carboxylic acids is 1. The molecule has 2 aromatic rings. The topological polar surface area (TPSA) is 79.4 Å². The number of nitrogens with zero attached hydrogens (tertiary/aromatic N) is 2. The van der Waals surface area contributed by atoms with Crippen LogP contribution in [-0.4, -0.2) is 37.7 Å². The fourth-order valence-corrected chi connectivity index (χ4v) is 3.15. The molecule has 0 fully saturated rings. The van der Waals surface area contributed by atoms with E-state index in [1.807, 2.05) is 0 Å². The van der Waals surface area contributed by atoms with Crippen LogP contribution in [0.3, 0.4) is 0 Å². The van der Waals surface area contributed by atoms with Crippen LogP contribution in [0.2, 0.25) is 0 Å². The van der Waals surface area contributed by atoms with E-state index in [-0.39, 0.29) is 17.3 Å². The fraction of sp³-hybridized carbons (Fsp3) is 0.250. The third-order valence-electron chi connectivity index (χ3n) is 3.29. The number of carbonyl (C=O) groups is 1. The third kappa shape index (κ3) is 3.94. The Morgan fingerprint density at radius 1 is 1.13 bits per heavy atom. The molecule has 1 aromatic carbocycles. The van der Waals surface area contributed by atoms with Gasteiger partial charge in [-0.05, 0) is 30.7 Å². The molecule has 0 saturated carbocycles. The van der Waals surface area contributed by atoms with Crippen LogP contribution in [0.15, 0.2) is 47.4 Å². The first-order valence-corrected chi connectivity index (χ1v) is 8.48. The molecule has 0 bridgehead atoms. The van der Waals surface area contributed by atoms with E-state index in [9.17, 15) is 13.2 Å². The van der Waals surface area contributed by atoms with Crippen LogP contribution >= 0.6 is 0 Å². The molecular weight excluding hydrogens is 314 g/mol. The minimum atomic E-state index is -3.56. The largest absolute Gasteiger partial charge is 0.347 e. The summed E-state index contributed by atoms with van der Waals surface area (Å²) in [7, 11) is -0.613. The highest BCUT2D eigenvalue weighted by molar-refractivity contribution is 7.89. The number of amides is 1. The lowest BCUT2D eigenvalue weighted by molar-refractivity contribution is 0.0945. The Hall–Kier alpha value is -2.25. The maximum absolute atomic E-state index is 12.3. The van der Waals surface area contributed by atoms with Crippen LogP contribution in [0.25, 0.3) is 0 Å². The summed E-state index contributed by atoms with van der Waals surface area (Å²) in [5.41, 5.74) is 1.58. The van der Waals surface area contributed by atoms with Crippen LogP contribution in [0, 0.1) is 6.92 Å². The molecule has 1 heterocycles. The molecule has 0 aliphatic carbocycles. The SMILES string of the molecule is Cc1cccc(C(=O)NCc2ccccc2S(=O)(=O)N(C)C)n1. The number of nitrogens with one attached hydrogen (secondary N) is 1. The van der Waals surface area contributed by atoms with E-state index in [1.54, 1.807) is 43.3 Å². The molecule has 0 spiro atoms. The standard InChI is InChI=1S/C16H19N3O3S/c1-12-7-6-9-14(18-12)16(20)17-11-13-8-4-5-10-15(13)23(21,22)19(2)3/h4-10H,11H2,1-3H3,(H,17,20). The molecule has 0 saturated heterocycles. The number of sulfonamides is 1. The van der Waals surface area contributed by atoms with E-state index in [4.69, 9.17) is 0 Å². The zero-order valence-corrected chi connectivity index (χ0v) is 14.1. The van der Waals surface area contributed by atoms with Crippen molar-refractivity contribution in [1.29, 1.82) is 0 Å². The summed E-state index contributed by atoms with van der Waals surface area (Å²) in [6.45, 7) is 1.91. The number of pyridine rings is 1. The van der Waals surface area contributed by atoms with Gasteiger partial charge in [-0.3, -0.25) is 4.79 Å². The summed E-state index contributed by atoms with van der Waals surface area (Å²) in [5.74, 6) is -0.342. The normalized spacial score (nSPS) is 11.5. The molecule has 122 valence electrons. The van der Waals surface area contributed by atoms with Gasteiger partial charge in [0.25, 0.3) is 5.91 Å². The number of aryl methyl sites for hydroxylation is 1. The number of aromatic nitrogens is 1. The number of hydrogen-bond donors (Lipinski definition) is 1. The van der Waals surface area contributed by atoms with Gasteiger partial charge >= 0.3 is 0 Å². The number of benzene rings is 1. The molecular formula is C16H19N3O3S. The highest BCUT2D eigenvalue weighted by atomic mass is 32.2. The molecule has 7 heteroatoms. The van der Waals surface area contributed by atoms with Crippen molar-refractivity contribution in [3.63, 3.8) is 0 Å². The van der Waals surface area contributed by atoms with Gasteiger partial charge in [0.1, 0.15) is 5.69 Å². The maximum atomic E-state index is 12.3. The van der Waals surface area contributed by atoms with Crippen molar-refractivity contribution in [1.82, 2.24) is 14.6 Å². The zero-order chi connectivity index (χ0) is 17.0. The van der Waals surface area contributed by atoms with Gasteiger partial charge in [-0.2, -0.15) is 0 Å². The maximum Gasteiger partial charge on any atom is 0.270 e. The highest BCUT2D eigenvalue weighted by Crippen LogP contribution is 2.18. The molecule has 6 nitrogen and oxygen atoms in total. The van der Waals surface area contributed by atoms with Gasteiger partial charge in [-0.15, -0.1) is 0 Å². The quantitative estimate of drug-likeness (QED) is 0.901. The van der Waals surface area contributed by atoms with Crippen LogP contribution in [-0.2, 0) is 16.6 Å². The van der Waals surface area contributed by atoms with Crippen LogP contribution in [0.1, 0.15) is 21.7 Å². The predicted molar refractivity (Wildman–Crippen MR) is 87.5 cm³/mol. The van der Waals surface area contributed by atoms with Gasteiger partial charge in [0.15, 0.2) is 0 Å². The average Bonchev–Trinajstić information content (AvgIpc) is 2.52. The van der Waals surface area contributed by atoms with Crippen LogP contribution in [0.4, 0.5) is 0 Å². The summed E-state index contributed by atoms with van der Waals surface area (Å²) in [6.07, 6.45) is 0. The first-order chi connectivity index (χ1) is 10.8. The van der Waals surface area contributed by atoms with Gasteiger partial charge in [-0.25, -0.2) is 17.7 Å². The molecule has 23 heavy (non-hydrogen) atoms. The molecule has 0 aliphatic heterocycles. The monoisotopic (exact) mass is 333 g/mol. The summed E-state index contributed by atoms with van der Waals surface area (Å²) < 4.78 is 25.8. The van der Waals surface area contributed by atoms with Crippen molar-refractivity contribution in [2.24, 2.45) is 0 Å². The summed E-state index contributed by atoms with van der Waals surface area (Å²) in [6, 6.07) is 11.8. The van der Waals surface area contributed by atoms with E-state index in [1.165, 1.54) is 20.2 Å². The van der Waals surface area contributed by atoms with Crippen molar-refractivity contribution in [3.05, 3.63) is 59.4 Å². The molecule has 0 unspecified atom stereocenters. The van der Waals surface area contributed by atoms with Gasteiger partial charge in [0.05, 0.1) is 4.90 Å². The van der Waals surface area contributed by atoms with Gasteiger partial charge in [-0.1, -0.05) is 24.3 Å². The second kappa shape index (κ2) is 6.89. The molecule has 1 amide bonds. The Bertz CT molecular complexity index is 817. The Labute approximate surface area is 136 Å². The van der Waals surface area contributed by atoms with Crippen molar-refractivity contribution in [2.75, 3.05) is 14.1 Å². The summed E-state index contributed by atoms with van der Waals surface area (Å²) >= 11 is 0. The zero-order valence-electron chi connectivity index (χ0n) is 13.3. The molecule has 0 radical (unpaired) electrons. The second-order valence-electron chi connectivity index (χ2n) is 5.24. The van der Waals surface area contributed by atoms with E-state index in [2.05, 4.69) is 10.3 Å². The van der Waals surface area contributed by atoms with E-state index < -0.39 is 10.0 Å². The Balaban J connectivity index is 2.20. The molecule has 1 aromatic heterocycles. The fourth-order valence-electron chi connectivity index (χ4n) is 2.03. The molecule has 0 atom stereocenters. The number of rotatable bonds is 5. The minimum absolute atomic E-state index is 0.109. The molecule has 0 aliphatic rings. The molecule has 2 rings (SSSR count).